The van der Waals surface area contributed by atoms with Crippen LogP contribution in [0.4, 0.5) is 11.4 Å². The Bertz CT molecular complexity index is 556. The fourth-order valence-corrected chi connectivity index (χ4v) is 2.58. The highest BCUT2D eigenvalue weighted by atomic mass is 16.6. The van der Waals surface area contributed by atoms with Crippen LogP contribution in [0.5, 0.6) is 0 Å². The van der Waals surface area contributed by atoms with Gasteiger partial charge in [-0.05, 0) is 19.0 Å². The summed E-state index contributed by atoms with van der Waals surface area (Å²) in [4.78, 5) is 14.5. The summed E-state index contributed by atoms with van der Waals surface area (Å²) in [5, 5.41) is 29.0. The number of nitrogens with zero attached hydrogens (tertiary/aromatic N) is 4. The van der Waals surface area contributed by atoms with E-state index in [2.05, 4.69) is 9.80 Å². The van der Waals surface area contributed by atoms with Crippen LogP contribution in [0.3, 0.4) is 0 Å². The standard InChI is InChI=1S/C14H18N4O3/c15-11-12-10-13(18(20)21)2-3-14(12)17-5-1-4-16(6-7-17)8-9-19/h2-3,10,19H,1,4-9H2. The van der Waals surface area contributed by atoms with Gasteiger partial charge in [-0.3, -0.25) is 15.0 Å². The lowest BCUT2D eigenvalue weighted by atomic mass is 10.1. The fourth-order valence-electron chi connectivity index (χ4n) is 2.58. The van der Waals surface area contributed by atoms with E-state index >= 15 is 0 Å². The van der Waals surface area contributed by atoms with Crippen molar-refractivity contribution in [2.45, 2.75) is 6.42 Å². The number of nitriles is 1. The highest BCUT2D eigenvalue weighted by Crippen LogP contribution is 2.25. The number of hydrogen-bond acceptors (Lipinski definition) is 6. The van der Waals surface area contributed by atoms with E-state index in [4.69, 9.17) is 5.11 Å². The summed E-state index contributed by atoms with van der Waals surface area (Å²) in [7, 11) is 0. The Balaban J connectivity index is 2.18. The summed E-state index contributed by atoms with van der Waals surface area (Å²) in [6.07, 6.45) is 0.932. The third-order valence-electron chi connectivity index (χ3n) is 3.66. The molecule has 2 rings (SSSR count). The number of nitro groups is 1. The lowest BCUT2D eigenvalue weighted by molar-refractivity contribution is -0.384. The van der Waals surface area contributed by atoms with E-state index in [-0.39, 0.29) is 12.3 Å². The molecule has 1 fully saturated rings. The molecule has 0 aromatic heterocycles. The smallest absolute Gasteiger partial charge is 0.270 e. The van der Waals surface area contributed by atoms with Crippen LogP contribution in [0.2, 0.25) is 0 Å². The zero-order valence-corrected chi connectivity index (χ0v) is 11.7. The topological polar surface area (TPSA) is 93.6 Å². The summed E-state index contributed by atoms with van der Waals surface area (Å²) in [6.45, 7) is 4.05. The molecule has 0 spiro atoms. The van der Waals surface area contributed by atoms with Crippen molar-refractivity contribution in [1.29, 1.82) is 5.26 Å². The molecule has 0 bridgehead atoms. The Morgan fingerprint density at radius 3 is 2.81 bits per heavy atom. The molecule has 7 nitrogen and oxygen atoms in total. The second-order valence-electron chi connectivity index (χ2n) is 4.98. The van der Waals surface area contributed by atoms with Crippen molar-refractivity contribution in [3.63, 3.8) is 0 Å². The van der Waals surface area contributed by atoms with Gasteiger partial charge in [-0.1, -0.05) is 0 Å². The molecule has 0 unspecified atom stereocenters. The average Bonchev–Trinajstić information content (AvgIpc) is 2.72. The van der Waals surface area contributed by atoms with E-state index in [1.165, 1.54) is 12.1 Å². The molecule has 1 aliphatic rings. The van der Waals surface area contributed by atoms with Crippen molar-refractivity contribution in [2.24, 2.45) is 0 Å². The van der Waals surface area contributed by atoms with Crippen LogP contribution < -0.4 is 4.90 Å². The largest absolute Gasteiger partial charge is 0.395 e. The van der Waals surface area contributed by atoms with Gasteiger partial charge in [-0.25, -0.2) is 0 Å². The lowest BCUT2D eigenvalue weighted by Crippen LogP contribution is -2.32. The SMILES string of the molecule is N#Cc1cc([N+](=O)[O-])ccc1N1CCCN(CCO)CC1. The van der Waals surface area contributed by atoms with Crippen molar-refractivity contribution in [1.82, 2.24) is 4.90 Å². The van der Waals surface area contributed by atoms with Crippen LogP contribution >= 0.6 is 0 Å². The monoisotopic (exact) mass is 290 g/mol. The first-order valence-corrected chi connectivity index (χ1v) is 6.92. The van der Waals surface area contributed by atoms with E-state index in [1.54, 1.807) is 6.07 Å². The first-order chi connectivity index (χ1) is 10.2. The van der Waals surface area contributed by atoms with E-state index in [0.29, 0.717) is 12.1 Å². The second kappa shape index (κ2) is 7.02. The Kier molecular flexibility index (Phi) is 5.09. The number of anilines is 1. The number of β-amino-alcohol motifs (C(OH)–C–C–N with tert-alkyl or cyclic N) is 1. The number of aliphatic hydroxyl groups excluding tert-OH is 1. The van der Waals surface area contributed by atoms with Gasteiger partial charge in [0.05, 0.1) is 22.8 Å². The zero-order chi connectivity index (χ0) is 15.2. The summed E-state index contributed by atoms with van der Waals surface area (Å²) >= 11 is 0. The molecule has 0 saturated carbocycles. The molecular formula is C14H18N4O3. The second-order valence-corrected chi connectivity index (χ2v) is 4.98. The Hall–Kier alpha value is -2.17. The molecule has 1 aromatic rings. The van der Waals surface area contributed by atoms with Crippen molar-refractivity contribution in [3.8, 4) is 6.07 Å². The minimum atomic E-state index is -0.490. The minimum Gasteiger partial charge on any atom is -0.395 e. The van der Waals surface area contributed by atoms with Crippen LogP contribution in [-0.2, 0) is 0 Å². The third kappa shape index (κ3) is 3.68. The van der Waals surface area contributed by atoms with Gasteiger partial charge in [-0.2, -0.15) is 5.26 Å². The molecule has 1 saturated heterocycles. The highest BCUT2D eigenvalue weighted by molar-refractivity contribution is 5.63. The van der Waals surface area contributed by atoms with Crippen LogP contribution in [0.25, 0.3) is 0 Å². The molecule has 7 heteroatoms. The maximum atomic E-state index is 10.8. The Labute approximate surface area is 123 Å². The predicted molar refractivity (Wildman–Crippen MR) is 78.2 cm³/mol. The van der Waals surface area contributed by atoms with Crippen molar-refractivity contribution >= 4 is 11.4 Å². The van der Waals surface area contributed by atoms with Crippen molar-refractivity contribution in [3.05, 3.63) is 33.9 Å². The Morgan fingerprint density at radius 1 is 1.33 bits per heavy atom. The molecule has 1 aliphatic heterocycles. The van der Waals surface area contributed by atoms with E-state index in [1.807, 2.05) is 6.07 Å². The summed E-state index contributed by atoms with van der Waals surface area (Å²) < 4.78 is 0. The van der Waals surface area contributed by atoms with Gasteiger partial charge >= 0.3 is 0 Å². The van der Waals surface area contributed by atoms with E-state index in [0.717, 1.165) is 38.3 Å². The van der Waals surface area contributed by atoms with Crippen LogP contribution in [0.1, 0.15) is 12.0 Å². The molecule has 1 heterocycles. The number of hydrogen-bond donors (Lipinski definition) is 1. The first-order valence-electron chi connectivity index (χ1n) is 6.92. The summed E-state index contributed by atoms with van der Waals surface area (Å²) in [6, 6.07) is 6.46. The van der Waals surface area contributed by atoms with Gasteiger partial charge in [0.1, 0.15) is 6.07 Å². The van der Waals surface area contributed by atoms with Crippen molar-refractivity contribution < 1.29 is 10.0 Å². The van der Waals surface area contributed by atoms with Crippen molar-refractivity contribution in [2.75, 3.05) is 44.2 Å². The molecule has 1 aromatic carbocycles. The zero-order valence-electron chi connectivity index (χ0n) is 11.7. The number of rotatable bonds is 4. The highest BCUT2D eigenvalue weighted by Gasteiger charge is 2.19. The molecule has 112 valence electrons. The van der Waals surface area contributed by atoms with Gasteiger partial charge < -0.3 is 10.0 Å². The molecule has 0 amide bonds. The van der Waals surface area contributed by atoms with Gasteiger partial charge in [0, 0.05) is 38.3 Å². The molecular weight excluding hydrogens is 272 g/mol. The number of non-ortho nitro benzene ring substituents is 1. The number of nitro benzene ring substituents is 1. The molecule has 21 heavy (non-hydrogen) atoms. The molecule has 0 radical (unpaired) electrons. The molecule has 0 aliphatic carbocycles. The summed E-state index contributed by atoms with van der Waals surface area (Å²) in [5.74, 6) is 0. The quantitative estimate of drug-likeness (QED) is 0.656. The van der Waals surface area contributed by atoms with Crippen LogP contribution in [-0.4, -0.2) is 54.3 Å². The van der Waals surface area contributed by atoms with Crippen LogP contribution in [0, 0.1) is 21.4 Å². The normalized spacial score (nSPS) is 16.3. The molecule has 1 N–H and O–H groups in total. The Morgan fingerprint density at radius 2 is 2.14 bits per heavy atom. The lowest BCUT2D eigenvalue weighted by Gasteiger charge is -2.24. The molecule has 0 atom stereocenters. The number of aliphatic hydroxyl groups is 1. The van der Waals surface area contributed by atoms with Gasteiger partial charge in [0.15, 0.2) is 0 Å². The van der Waals surface area contributed by atoms with Crippen LogP contribution in [0.15, 0.2) is 18.2 Å². The van der Waals surface area contributed by atoms with E-state index < -0.39 is 4.92 Å². The number of benzene rings is 1. The first kappa shape index (κ1) is 15.2. The summed E-state index contributed by atoms with van der Waals surface area (Å²) in [5.41, 5.74) is 1.01. The predicted octanol–water partition coefficient (Wildman–Crippen LogP) is 0.971. The fraction of sp³-hybridized carbons (Fsp3) is 0.500. The maximum Gasteiger partial charge on any atom is 0.270 e. The van der Waals surface area contributed by atoms with Gasteiger partial charge in [-0.15, -0.1) is 0 Å². The average molecular weight is 290 g/mol. The van der Waals surface area contributed by atoms with Gasteiger partial charge in [0.25, 0.3) is 5.69 Å². The maximum absolute atomic E-state index is 10.8. The van der Waals surface area contributed by atoms with Gasteiger partial charge in [0.2, 0.25) is 0 Å². The minimum absolute atomic E-state index is 0.0629. The van der Waals surface area contributed by atoms with E-state index in [9.17, 15) is 15.4 Å². The third-order valence-corrected chi connectivity index (χ3v) is 3.66.